The second kappa shape index (κ2) is 9.75. The fourth-order valence-corrected chi connectivity index (χ4v) is 2.34. The second-order valence-electron chi connectivity index (χ2n) is 6.21. The van der Waals surface area contributed by atoms with E-state index < -0.39 is 17.5 Å². The minimum Gasteiger partial charge on any atom is -0.453 e. The number of hydrogen-bond acceptors (Lipinski definition) is 4. The average Bonchev–Trinajstić information content (AvgIpc) is 2.53. The Kier molecular flexibility index (Phi) is 8.02. The molecule has 0 spiro atoms. The monoisotopic (exact) mass is 332 g/mol. The third-order valence-corrected chi connectivity index (χ3v) is 3.46. The molecular weight excluding hydrogens is 308 g/mol. The smallest absolute Gasteiger partial charge is 0.443 e. The summed E-state index contributed by atoms with van der Waals surface area (Å²) >= 11 is 0. The summed E-state index contributed by atoms with van der Waals surface area (Å²) in [7, 11) is 0. The molecule has 1 aromatic carbocycles. The van der Waals surface area contributed by atoms with Crippen molar-refractivity contribution in [2.75, 3.05) is 6.61 Å². The van der Waals surface area contributed by atoms with Gasteiger partial charge in [-0.2, -0.15) is 4.79 Å². The molecule has 24 heavy (non-hydrogen) atoms. The largest absolute Gasteiger partial charge is 0.453 e. The lowest BCUT2D eigenvalue weighted by molar-refractivity contribution is -0.151. The number of nitrogens with zero attached hydrogens (tertiary/aromatic N) is 2. The molecule has 0 atom stereocenters. The van der Waals surface area contributed by atoms with Crippen molar-refractivity contribution in [3.05, 3.63) is 41.4 Å². The Morgan fingerprint density at radius 2 is 1.67 bits per heavy atom. The van der Waals surface area contributed by atoms with E-state index in [0.29, 0.717) is 0 Å². The van der Waals surface area contributed by atoms with Crippen LogP contribution >= 0.6 is 0 Å². The lowest BCUT2D eigenvalue weighted by atomic mass is 9.96. The van der Waals surface area contributed by atoms with Crippen LogP contribution in [0.5, 0.6) is 0 Å². The van der Waals surface area contributed by atoms with E-state index in [9.17, 15) is 9.59 Å². The van der Waals surface area contributed by atoms with Crippen LogP contribution in [0.4, 0.5) is 0 Å². The summed E-state index contributed by atoms with van der Waals surface area (Å²) in [4.78, 5) is 26.9. The van der Waals surface area contributed by atoms with Crippen LogP contribution in [0.25, 0.3) is 5.53 Å². The molecule has 0 aromatic heterocycles. The highest BCUT2D eigenvalue weighted by Crippen LogP contribution is 2.16. The Balaban J connectivity index is 2.60. The Hall–Kier alpha value is -2.30. The molecule has 1 aromatic rings. The van der Waals surface area contributed by atoms with Crippen molar-refractivity contribution in [2.45, 2.75) is 40.4 Å². The Morgan fingerprint density at radius 3 is 2.17 bits per heavy atom. The maximum atomic E-state index is 12.1. The lowest BCUT2D eigenvalue weighted by Crippen LogP contribution is -2.36. The van der Waals surface area contributed by atoms with Gasteiger partial charge in [-0.3, -0.25) is 4.79 Å². The van der Waals surface area contributed by atoms with Crippen LogP contribution in [-0.4, -0.2) is 35.0 Å². The second-order valence-corrected chi connectivity index (χ2v) is 6.21. The van der Waals surface area contributed by atoms with Crippen molar-refractivity contribution in [1.29, 1.82) is 0 Å². The molecule has 0 bridgehead atoms. The quantitative estimate of drug-likeness (QED) is 0.229. The van der Waals surface area contributed by atoms with Crippen molar-refractivity contribution in [2.24, 2.45) is 11.8 Å². The van der Waals surface area contributed by atoms with E-state index in [4.69, 9.17) is 15.0 Å². The van der Waals surface area contributed by atoms with Crippen LogP contribution < -0.4 is 0 Å². The van der Waals surface area contributed by atoms with Crippen LogP contribution in [0.1, 0.15) is 33.3 Å². The van der Waals surface area contributed by atoms with Gasteiger partial charge in [0.2, 0.25) is 0 Å². The number of carbonyl (C=O) groups is 2. The first kappa shape index (κ1) is 19.7. The molecule has 0 N–H and O–H groups in total. The number of Topliss-reactive ketones (excluding diaryl/α,β-unsaturated/α-hetero) is 1. The fourth-order valence-electron chi connectivity index (χ4n) is 2.34. The molecule has 0 unspecified atom stereocenters. The summed E-state index contributed by atoms with van der Waals surface area (Å²) in [6.07, 6.45) is -0.368. The van der Waals surface area contributed by atoms with Gasteiger partial charge in [-0.15, -0.1) is 0 Å². The lowest BCUT2D eigenvalue weighted by Gasteiger charge is -2.23. The van der Waals surface area contributed by atoms with Gasteiger partial charge in [-0.1, -0.05) is 58.0 Å². The zero-order valence-corrected chi connectivity index (χ0v) is 14.6. The van der Waals surface area contributed by atoms with E-state index in [-0.39, 0.29) is 31.2 Å². The highest BCUT2D eigenvalue weighted by molar-refractivity contribution is 6.62. The highest BCUT2D eigenvalue weighted by Gasteiger charge is 2.34. The Bertz CT molecular complexity index is 597. The van der Waals surface area contributed by atoms with E-state index in [1.165, 1.54) is 0 Å². The SMILES string of the molecule is CC(C)C(OC(=O)C(=[N+]=[N-])C(=O)COCc1ccccc1)C(C)C. The first-order valence-electron chi connectivity index (χ1n) is 7.94. The van der Waals surface area contributed by atoms with E-state index >= 15 is 0 Å². The van der Waals surface area contributed by atoms with Crippen LogP contribution in [0, 0.1) is 11.8 Å². The number of esters is 1. The van der Waals surface area contributed by atoms with E-state index in [2.05, 4.69) is 4.79 Å². The van der Waals surface area contributed by atoms with Gasteiger partial charge in [0.25, 0.3) is 5.78 Å². The van der Waals surface area contributed by atoms with Crippen molar-refractivity contribution in [3.63, 3.8) is 0 Å². The van der Waals surface area contributed by atoms with Gasteiger partial charge in [0, 0.05) is 0 Å². The first-order chi connectivity index (χ1) is 11.4. The summed E-state index contributed by atoms with van der Waals surface area (Å²) in [5.41, 5.74) is 9.24. The normalized spacial score (nSPS) is 10.8. The van der Waals surface area contributed by atoms with Crippen molar-refractivity contribution >= 4 is 17.5 Å². The Morgan fingerprint density at radius 1 is 1.08 bits per heavy atom. The third kappa shape index (κ3) is 6.07. The molecular formula is C18H24N2O4. The predicted molar refractivity (Wildman–Crippen MR) is 89.3 cm³/mol. The highest BCUT2D eigenvalue weighted by atomic mass is 16.5. The zero-order chi connectivity index (χ0) is 18.1. The molecule has 0 amide bonds. The number of ether oxygens (including phenoxy) is 2. The van der Waals surface area contributed by atoms with E-state index in [1.54, 1.807) is 0 Å². The maximum Gasteiger partial charge on any atom is 0.443 e. The molecule has 1 rings (SSSR count). The van der Waals surface area contributed by atoms with Crippen LogP contribution in [0.15, 0.2) is 30.3 Å². The van der Waals surface area contributed by atoms with Crippen molar-refractivity contribution < 1.29 is 23.9 Å². The minimum absolute atomic E-state index is 0.0818. The van der Waals surface area contributed by atoms with Crippen LogP contribution in [-0.2, 0) is 25.7 Å². The van der Waals surface area contributed by atoms with Gasteiger partial charge in [0.05, 0.1) is 6.61 Å². The number of carbonyl (C=O) groups excluding carboxylic acids is 2. The molecule has 0 aliphatic rings. The number of benzene rings is 1. The summed E-state index contributed by atoms with van der Waals surface area (Å²) in [5.74, 6) is -1.49. The molecule has 6 nitrogen and oxygen atoms in total. The molecule has 0 radical (unpaired) electrons. The van der Waals surface area contributed by atoms with E-state index in [1.807, 2.05) is 58.0 Å². The third-order valence-electron chi connectivity index (χ3n) is 3.46. The molecule has 0 saturated carbocycles. The van der Waals surface area contributed by atoms with Crippen molar-refractivity contribution in [3.8, 4) is 0 Å². The summed E-state index contributed by atoms with van der Waals surface area (Å²) in [6.45, 7) is 7.52. The van der Waals surface area contributed by atoms with E-state index in [0.717, 1.165) is 5.56 Å². The number of hydrogen-bond donors (Lipinski definition) is 0. The number of rotatable bonds is 9. The first-order valence-corrected chi connectivity index (χ1v) is 7.94. The summed E-state index contributed by atoms with van der Waals surface area (Å²) in [5, 5.41) is 0. The van der Waals surface area contributed by atoms with Gasteiger partial charge < -0.3 is 15.0 Å². The van der Waals surface area contributed by atoms with Gasteiger partial charge in [-0.25, -0.2) is 4.79 Å². The Labute approximate surface area is 142 Å². The average molecular weight is 332 g/mol. The van der Waals surface area contributed by atoms with Crippen LogP contribution in [0.2, 0.25) is 0 Å². The van der Waals surface area contributed by atoms with Gasteiger partial charge in [0.1, 0.15) is 12.7 Å². The molecule has 0 fully saturated rings. The standard InChI is InChI=1S/C18H24N2O4/c1-12(2)17(13(3)4)24-18(22)16(20-19)15(21)11-23-10-14-8-6-5-7-9-14/h5-9,12-13,17H,10-11H2,1-4H3. The van der Waals surface area contributed by atoms with Gasteiger partial charge in [0.15, 0.2) is 0 Å². The molecule has 0 heterocycles. The minimum atomic E-state index is -0.932. The van der Waals surface area contributed by atoms with Gasteiger partial charge in [-0.05, 0) is 17.4 Å². The molecule has 0 aliphatic heterocycles. The topological polar surface area (TPSA) is 89.0 Å². The zero-order valence-electron chi connectivity index (χ0n) is 14.6. The molecule has 6 heteroatoms. The maximum absolute atomic E-state index is 12.1. The fraction of sp³-hybridized carbons (Fsp3) is 0.500. The van der Waals surface area contributed by atoms with Gasteiger partial charge >= 0.3 is 11.7 Å². The summed E-state index contributed by atoms with van der Waals surface area (Å²) in [6, 6.07) is 9.30. The summed E-state index contributed by atoms with van der Waals surface area (Å²) < 4.78 is 10.6. The molecule has 0 aliphatic carbocycles. The van der Waals surface area contributed by atoms with Crippen LogP contribution in [0.3, 0.4) is 0 Å². The van der Waals surface area contributed by atoms with Crippen molar-refractivity contribution in [1.82, 2.24) is 0 Å². The molecule has 0 saturated heterocycles. The number of ketones is 1. The molecule has 130 valence electrons. The predicted octanol–water partition coefficient (Wildman–Crippen LogP) is 2.67.